The predicted molar refractivity (Wildman–Crippen MR) is 127 cm³/mol. The lowest BCUT2D eigenvalue weighted by Gasteiger charge is -2.13. The fourth-order valence-electron chi connectivity index (χ4n) is 2.98. The Bertz CT molecular complexity index is 1380. The van der Waals surface area contributed by atoms with Gasteiger partial charge in [0.1, 0.15) is 17.2 Å². The fraction of sp³-hybridized carbons (Fsp3) is 0.261. The molecule has 0 atom stereocenters. The zero-order valence-corrected chi connectivity index (χ0v) is 20.3. The standard InChI is InChI=1S/C23H24N8O5/c1-13(2)34-15-8-14(21(32)26-18-6-7-31(5)28-18)9-16(10-15)35-19-12-24-17(11-25-19)20-27-22(36-29-20)23(33)30(3)4/h6-13H,1-5H3,(H,26,28,32). The Morgan fingerprint density at radius 2 is 1.89 bits per heavy atom. The molecule has 0 fully saturated rings. The summed E-state index contributed by atoms with van der Waals surface area (Å²) < 4.78 is 18.2. The summed E-state index contributed by atoms with van der Waals surface area (Å²) in [6, 6.07) is 6.50. The number of hydrogen-bond donors (Lipinski definition) is 1. The van der Waals surface area contributed by atoms with Crippen molar-refractivity contribution in [1.82, 2.24) is 34.8 Å². The highest BCUT2D eigenvalue weighted by atomic mass is 16.5. The predicted octanol–water partition coefficient (Wildman–Crippen LogP) is 2.79. The van der Waals surface area contributed by atoms with E-state index in [-0.39, 0.29) is 35.3 Å². The molecule has 1 N–H and O–H groups in total. The molecule has 0 aliphatic rings. The second kappa shape index (κ2) is 10.2. The van der Waals surface area contributed by atoms with Crippen molar-refractivity contribution < 1.29 is 23.6 Å². The Kier molecular flexibility index (Phi) is 6.90. The molecule has 0 saturated heterocycles. The minimum atomic E-state index is -0.423. The summed E-state index contributed by atoms with van der Waals surface area (Å²) in [6.45, 7) is 3.75. The maximum atomic E-state index is 12.8. The van der Waals surface area contributed by atoms with E-state index < -0.39 is 5.91 Å². The van der Waals surface area contributed by atoms with E-state index in [0.29, 0.717) is 22.9 Å². The number of carbonyl (C=O) groups excluding carboxylic acids is 2. The van der Waals surface area contributed by atoms with E-state index in [4.69, 9.17) is 14.0 Å². The van der Waals surface area contributed by atoms with E-state index >= 15 is 0 Å². The molecule has 0 bridgehead atoms. The summed E-state index contributed by atoms with van der Waals surface area (Å²) in [6.07, 6.45) is 4.35. The molecule has 4 rings (SSSR count). The second-order valence-electron chi connectivity index (χ2n) is 8.15. The zero-order valence-electron chi connectivity index (χ0n) is 20.3. The lowest BCUT2D eigenvalue weighted by Crippen LogP contribution is -2.21. The number of aryl methyl sites for hydroxylation is 1. The van der Waals surface area contributed by atoms with E-state index in [1.807, 2.05) is 13.8 Å². The maximum Gasteiger partial charge on any atom is 0.316 e. The van der Waals surface area contributed by atoms with Crippen molar-refractivity contribution in [1.29, 1.82) is 0 Å². The Hall–Kier alpha value is -4.81. The van der Waals surface area contributed by atoms with Gasteiger partial charge in [-0.1, -0.05) is 5.16 Å². The highest BCUT2D eigenvalue weighted by molar-refractivity contribution is 6.04. The quantitative estimate of drug-likeness (QED) is 0.389. The van der Waals surface area contributed by atoms with Crippen molar-refractivity contribution in [2.45, 2.75) is 20.0 Å². The molecular weight excluding hydrogens is 468 g/mol. The summed E-state index contributed by atoms with van der Waals surface area (Å²) in [5.41, 5.74) is 0.597. The summed E-state index contributed by atoms with van der Waals surface area (Å²) >= 11 is 0. The van der Waals surface area contributed by atoms with Crippen LogP contribution in [0.15, 0.2) is 47.4 Å². The first-order valence-corrected chi connectivity index (χ1v) is 10.9. The normalized spacial score (nSPS) is 10.8. The summed E-state index contributed by atoms with van der Waals surface area (Å²) in [4.78, 5) is 38.6. The van der Waals surface area contributed by atoms with Crippen LogP contribution in [-0.2, 0) is 7.05 Å². The number of rotatable bonds is 8. The van der Waals surface area contributed by atoms with Crippen molar-refractivity contribution in [3.63, 3.8) is 0 Å². The molecule has 0 aliphatic carbocycles. The lowest BCUT2D eigenvalue weighted by atomic mass is 10.2. The largest absolute Gasteiger partial charge is 0.491 e. The van der Waals surface area contributed by atoms with Crippen molar-refractivity contribution in [3.8, 4) is 28.9 Å². The number of amides is 2. The zero-order chi connectivity index (χ0) is 25.8. The van der Waals surface area contributed by atoms with Gasteiger partial charge in [-0.3, -0.25) is 14.3 Å². The van der Waals surface area contributed by atoms with Crippen LogP contribution in [0.4, 0.5) is 5.82 Å². The topological polar surface area (TPSA) is 150 Å². The minimum Gasteiger partial charge on any atom is -0.491 e. The van der Waals surface area contributed by atoms with E-state index in [9.17, 15) is 9.59 Å². The first-order chi connectivity index (χ1) is 17.2. The van der Waals surface area contributed by atoms with Gasteiger partial charge >= 0.3 is 11.8 Å². The molecule has 0 saturated carbocycles. The third kappa shape index (κ3) is 5.81. The highest BCUT2D eigenvalue weighted by Crippen LogP contribution is 2.28. The molecule has 4 aromatic rings. The van der Waals surface area contributed by atoms with Gasteiger partial charge in [0, 0.05) is 45.0 Å². The van der Waals surface area contributed by atoms with Crippen molar-refractivity contribution >= 4 is 17.6 Å². The molecule has 0 spiro atoms. The summed E-state index contributed by atoms with van der Waals surface area (Å²) in [7, 11) is 4.91. The van der Waals surface area contributed by atoms with Crippen LogP contribution in [0.2, 0.25) is 0 Å². The van der Waals surface area contributed by atoms with Gasteiger partial charge in [-0.2, -0.15) is 10.1 Å². The van der Waals surface area contributed by atoms with Crippen LogP contribution >= 0.6 is 0 Å². The fourth-order valence-corrected chi connectivity index (χ4v) is 2.98. The van der Waals surface area contributed by atoms with Crippen LogP contribution in [-0.4, -0.2) is 66.8 Å². The molecule has 36 heavy (non-hydrogen) atoms. The van der Waals surface area contributed by atoms with Crippen LogP contribution in [0, 0.1) is 0 Å². The van der Waals surface area contributed by atoms with Gasteiger partial charge in [-0.05, 0) is 26.0 Å². The Labute approximate surface area is 206 Å². The molecule has 186 valence electrons. The number of benzene rings is 1. The Morgan fingerprint density at radius 3 is 2.53 bits per heavy atom. The van der Waals surface area contributed by atoms with Crippen molar-refractivity contribution in [2.75, 3.05) is 19.4 Å². The molecule has 2 amide bonds. The van der Waals surface area contributed by atoms with Gasteiger partial charge in [0.05, 0.1) is 18.5 Å². The van der Waals surface area contributed by atoms with Gasteiger partial charge < -0.3 is 24.2 Å². The van der Waals surface area contributed by atoms with E-state index in [0.717, 1.165) is 0 Å². The molecule has 1 aromatic carbocycles. The van der Waals surface area contributed by atoms with Crippen molar-refractivity contribution in [3.05, 3.63) is 54.3 Å². The van der Waals surface area contributed by atoms with Crippen LogP contribution in [0.3, 0.4) is 0 Å². The molecule has 13 heteroatoms. The molecule has 0 unspecified atom stereocenters. The number of ether oxygens (including phenoxy) is 2. The van der Waals surface area contributed by atoms with Gasteiger partial charge in [-0.15, -0.1) is 0 Å². The molecule has 0 radical (unpaired) electrons. The molecule has 0 aliphatic heterocycles. The van der Waals surface area contributed by atoms with Gasteiger partial charge in [0.2, 0.25) is 11.7 Å². The van der Waals surface area contributed by atoms with Crippen LogP contribution in [0.1, 0.15) is 34.9 Å². The van der Waals surface area contributed by atoms with Crippen LogP contribution < -0.4 is 14.8 Å². The second-order valence-corrected chi connectivity index (χ2v) is 8.15. The Morgan fingerprint density at radius 1 is 1.11 bits per heavy atom. The van der Waals surface area contributed by atoms with Gasteiger partial charge in [-0.25, -0.2) is 9.97 Å². The third-order valence-corrected chi connectivity index (χ3v) is 4.56. The maximum absolute atomic E-state index is 12.8. The third-order valence-electron chi connectivity index (χ3n) is 4.56. The number of nitrogens with zero attached hydrogens (tertiary/aromatic N) is 7. The SMILES string of the molecule is CC(C)Oc1cc(Oc2cnc(-c3noc(C(=O)N(C)C)n3)cn2)cc(C(=O)Nc2ccn(C)n2)c1. The highest BCUT2D eigenvalue weighted by Gasteiger charge is 2.19. The first-order valence-electron chi connectivity index (χ1n) is 10.9. The monoisotopic (exact) mass is 492 g/mol. The van der Waals surface area contributed by atoms with E-state index in [1.165, 1.54) is 17.3 Å². The van der Waals surface area contributed by atoms with E-state index in [2.05, 4.69) is 30.5 Å². The van der Waals surface area contributed by atoms with Gasteiger partial charge in [0.15, 0.2) is 5.82 Å². The van der Waals surface area contributed by atoms with E-state index in [1.54, 1.807) is 56.3 Å². The van der Waals surface area contributed by atoms with Gasteiger partial charge in [0.25, 0.3) is 5.91 Å². The molecule has 3 aromatic heterocycles. The number of aromatic nitrogens is 6. The van der Waals surface area contributed by atoms with Crippen molar-refractivity contribution in [2.24, 2.45) is 7.05 Å². The average molecular weight is 492 g/mol. The molecular formula is C23H24N8O5. The summed E-state index contributed by atoms with van der Waals surface area (Å²) in [5, 5.41) is 10.7. The molecule has 13 nitrogen and oxygen atoms in total. The minimum absolute atomic E-state index is 0.111. The average Bonchev–Trinajstić information content (AvgIpc) is 3.47. The molecule has 3 heterocycles. The van der Waals surface area contributed by atoms with Crippen LogP contribution in [0.25, 0.3) is 11.5 Å². The number of carbonyl (C=O) groups is 2. The van der Waals surface area contributed by atoms with Crippen LogP contribution in [0.5, 0.6) is 17.4 Å². The summed E-state index contributed by atoms with van der Waals surface area (Å²) in [5.74, 6) is 0.490. The number of nitrogens with one attached hydrogen (secondary N) is 1. The lowest BCUT2D eigenvalue weighted by molar-refractivity contribution is 0.0779. The Balaban J connectivity index is 1.53. The number of anilines is 1. The number of hydrogen-bond acceptors (Lipinski definition) is 10. The smallest absolute Gasteiger partial charge is 0.316 e. The first kappa shape index (κ1) is 24.3.